The maximum absolute atomic E-state index is 12.4. The van der Waals surface area contributed by atoms with E-state index >= 15 is 0 Å². The number of halogens is 2. The van der Waals surface area contributed by atoms with Gasteiger partial charge in [0, 0.05) is 18.0 Å². The predicted octanol–water partition coefficient (Wildman–Crippen LogP) is 2.91. The summed E-state index contributed by atoms with van der Waals surface area (Å²) >= 11 is 1.56. The number of hydrogen-bond acceptors (Lipinski definition) is 4. The van der Waals surface area contributed by atoms with Crippen LogP contribution in [0.15, 0.2) is 16.3 Å². The fraction of sp³-hybridized carbons (Fsp3) is 0.583. The van der Waals surface area contributed by atoms with Crippen LogP contribution in [0.3, 0.4) is 0 Å². The molecule has 19 heavy (non-hydrogen) atoms. The Labute approximate surface area is 118 Å². The van der Waals surface area contributed by atoms with Crippen LogP contribution in [-0.2, 0) is 0 Å². The van der Waals surface area contributed by atoms with Crippen molar-refractivity contribution in [3.63, 3.8) is 0 Å². The molecule has 1 aliphatic heterocycles. The highest BCUT2D eigenvalue weighted by Gasteiger charge is 2.29. The molecule has 0 radical (unpaired) electrons. The van der Waals surface area contributed by atoms with Crippen molar-refractivity contribution in [1.29, 1.82) is 0 Å². The molecule has 0 spiro atoms. The molecule has 1 fully saturated rings. The molecule has 0 aliphatic carbocycles. The molecule has 2 heterocycles. The predicted molar refractivity (Wildman–Crippen MR) is 71.9 cm³/mol. The van der Waals surface area contributed by atoms with Gasteiger partial charge >= 0.3 is 0 Å². The molecule has 2 rings (SSSR count). The van der Waals surface area contributed by atoms with E-state index < -0.39 is 11.9 Å². The minimum Gasteiger partial charge on any atom is -0.391 e. The third kappa shape index (κ3) is 3.46. The normalized spacial score (nSPS) is 23.9. The molecule has 0 aromatic carbocycles. The van der Waals surface area contributed by atoms with Gasteiger partial charge in [0.15, 0.2) is 0 Å². The highest BCUT2D eigenvalue weighted by Crippen LogP contribution is 2.33. The summed E-state index contributed by atoms with van der Waals surface area (Å²) < 4.78 is 24.8. The van der Waals surface area contributed by atoms with Gasteiger partial charge in [-0.05, 0) is 23.8 Å². The number of thiophene rings is 1. The second kappa shape index (κ2) is 6.19. The largest absolute Gasteiger partial charge is 0.391 e. The third-order valence-corrected chi connectivity index (χ3v) is 5.05. The zero-order chi connectivity index (χ0) is 14.0. The van der Waals surface area contributed by atoms with Crippen LogP contribution in [0.25, 0.3) is 0 Å². The van der Waals surface area contributed by atoms with E-state index in [0.29, 0.717) is 28.1 Å². The first kappa shape index (κ1) is 14.7. The Bertz CT molecular complexity index is 453. The number of likely N-dealkylation sites (tertiary alicyclic amines) is 1. The zero-order valence-corrected chi connectivity index (χ0v) is 12.0. The lowest BCUT2D eigenvalue weighted by Gasteiger charge is -2.34. The van der Waals surface area contributed by atoms with E-state index in [9.17, 15) is 18.7 Å². The van der Waals surface area contributed by atoms with Gasteiger partial charge in [-0.25, -0.2) is 0 Å². The maximum atomic E-state index is 12.4. The lowest BCUT2D eigenvalue weighted by atomic mass is 9.96. The monoisotopic (exact) mass is 307 g/mol. The van der Waals surface area contributed by atoms with Crippen molar-refractivity contribution in [2.45, 2.75) is 30.1 Å². The van der Waals surface area contributed by atoms with Crippen molar-refractivity contribution in [3.8, 4) is 0 Å². The van der Waals surface area contributed by atoms with Crippen molar-refractivity contribution in [2.75, 3.05) is 13.1 Å². The number of nitrogens with zero attached hydrogens (tertiary/aromatic N) is 1. The Hall–Kier alpha value is -0.660. The van der Waals surface area contributed by atoms with Crippen molar-refractivity contribution in [3.05, 3.63) is 16.3 Å². The summed E-state index contributed by atoms with van der Waals surface area (Å²) in [5, 5.41) is 11.4. The minimum absolute atomic E-state index is 0.169. The number of aliphatic hydroxyl groups is 1. The molecule has 3 nitrogen and oxygen atoms in total. The van der Waals surface area contributed by atoms with Crippen molar-refractivity contribution >= 4 is 29.0 Å². The van der Waals surface area contributed by atoms with Crippen LogP contribution in [0.2, 0.25) is 0 Å². The quantitative estimate of drug-likeness (QED) is 0.873. The van der Waals surface area contributed by atoms with Gasteiger partial charge in [-0.1, -0.05) is 18.7 Å². The molecule has 1 amide bonds. The van der Waals surface area contributed by atoms with Gasteiger partial charge in [0.1, 0.15) is 4.88 Å². The summed E-state index contributed by atoms with van der Waals surface area (Å²) in [4.78, 5) is 14.5. The molecular formula is C12H15F2NO2S2. The Kier molecular flexibility index (Phi) is 4.81. The molecule has 1 aromatic heterocycles. The van der Waals surface area contributed by atoms with E-state index in [-0.39, 0.29) is 18.4 Å². The van der Waals surface area contributed by atoms with Crippen LogP contribution in [0.5, 0.6) is 0 Å². The lowest BCUT2D eigenvalue weighted by Crippen LogP contribution is -2.45. The average Bonchev–Trinajstić information content (AvgIpc) is 2.79. The summed E-state index contributed by atoms with van der Waals surface area (Å²) in [6, 6.07) is 1.54. The molecule has 2 atom stereocenters. The number of carbonyl (C=O) groups is 1. The summed E-state index contributed by atoms with van der Waals surface area (Å²) in [5.74, 6) is -2.63. The second-order valence-electron chi connectivity index (χ2n) is 4.58. The van der Waals surface area contributed by atoms with E-state index in [1.807, 2.05) is 6.92 Å². The standard InChI is InChI=1S/C12H15F2NO2S2/c1-7-2-4-15(6-8(7)16)11(17)10-9(3-5-18-10)19-12(13)14/h3,5,7-8,12,16H,2,4,6H2,1H3. The smallest absolute Gasteiger partial charge is 0.288 e. The number of amides is 1. The summed E-state index contributed by atoms with van der Waals surface area (Å²) in [6.07, 6.45) is 0.194. The summed E-state index contributed by atoms with van der Waals surface area (Å²) in [5.41, 5.74) is 0. The van der Waals surface area contributed by atoms with E-state index in [0.717, 1.165) is 6.42 Å². The van der Waals surface area contributed by atoms with Crippen LogP contribution in [0.1, 0.15) is 23.0 Å². The van der Waals surface area contributed by atoms with Crippen molar-refractivity contribution in [1.82, 2.24) is 4.90 Å². The number of carbonyl (C=O) groups excluding carboxylic acids is 1. The Balaban J connectivity index is 2.09. The van der Waals surface area contributed by atoms with Crippen LogP contribution >= 0.6 is 23.1 Å². The van der Waals surface area contributed by atoms with Gasteiger partial charge in [-0.2, -0.15) is 8.78 Å². The molecule has 1 saturated heterocycles. The van der Waals surface area contributed by atoms with Crippen molar-refractivity contribution in [2.24, 2.45) is 5.92 Å². The van der Waals surface area contributed by atoms with Crippen LogP contribution < -0.4 is 0 Å². The summed E-state index contributed by atoms with van der Waals surface area (Å²) in [7, 11) is 0. The first-order chi connectivity index (χ1) is 8.99. The van der Waals surface area contributed by atoms with Gasteiger partial charge in [-0.3, -0.25) is 4.79 Å². The maximum Gasteiger partial charge on any atom is 0.288 e. The highest BCUT2D eigenvalue weighted by atomic mass is 32.2. The van der Waals surface area contributed by atoms with Crippen LogP contribution in [0.4, 0.5) is 8.78 Å². The first-order valence-electron chi connectivity index (χ1n) is 5.98. The minimum atomic E-state index is -2.53. The fourth-order valence-electron chi connectivity index (χ4n) is 2.02. The molecule has 1 aliphatic rings. The SMILES string of the molecule is CC1CCN(C(=O)c2sccc2SC(F)F)CC1O. The van der Waals surface area contributed by atoms with Gasteiger partial charge in [-0.15, -0.1) is 11.3 Å². The third-order valence-electron chi connectivity index (χ3n) is 3.25. The number of alkyl halides is 2. The number of aliphatic hydroxyl groups excluding tert-OH is 1. The van der Waals surface area contributed by atoms with E-state index in [1.54, 1.807) is 10.3 Å². The number of rotatable bonds is 3. The Morgan fingerprint density at radius 3 is 3.00 bits per heavy atom. The summed E-state index contributed by atoms with van der Waals surface area (Å²) in [6.45, 7) is 2.78. The van der Waals surface area contributed by atoms with Crippen LogP contribution in [-0.4, -0.2) is 40.9 Å². The van der Waals surface area contributed by atoms with Gasteiger partial charge in [0.05, 0.1) is 6.10 Å². The topological polar surface area (TPSA) is 40.5 Å². The molecule has 106 valence electrons. The van der Waals surface area contributed by atoms with E-state index in [2.05, 4.69) is 0 Å². The number of piperidine rings is 1. The van der Waals surface area contributed by atoms with Crippen LogP contribution in [0, 0.1) is 5.92 Å². The molecule has 7 heteroatoms. The first-order valence-corrected chi connectivity index (χ1v) is 7.74. The second-order valence-corrected chi connectivity index (χ2v) is 6.52. The Morgan fingerprint density at radius 1 is 1.63 bits per heavy atom. The zero-order valence-electron chi connectivity index (χ0n) is 10.4. The fourth-order valence-corrected chi connectivity index (χ4v) is 3.68. The lowest BCUT2D eigenvalue weighted by molar-refractivity contribution is 0.0249. The number of β-amino-alcohol motifs (C(OH)–C–C–N with tert-alkyl or cyclic N) is 1. The van der Waals surface area contributed by atoms with E-state index in [1.165, 1.54) is 17.4 Å². The number of thioether (sulfide) groups is 1. The molecular weight excluding hydrogens is 292 g/mol. The average molecular weight is 307 g/mol. The van der Waals surface area contributed by atoms with Gasteiger partial charge < -0.3 is 10.0 Å². The van der Waals surface area contributed by atoms with E-state index in [4.69, 9.17) is 0 Å². The molecule has 1 N–H and O–H groups in total. The molecule has 0 bridgehead atoms. The Morgan fingerprint density at radius 2 is 2.37 bits per heavy atom. The van der Waals surface area contributed by atoms with Gasteiger partial charge in [0.2, 0.25) is 0 Å². The molecule has 1 aromatic rings. The van der Waals surface area contributed by atoms with Gasteiger partial charge in [0.25, 0.3) is 11.7 Å². The van der Waals surface area contributed by atoms with Crippen molar-refractivity contribution < 1.29 is 18.7 Å². The number of hydrogen-bond donors (Lipinski definition) is 1. The molecule has 0 saturated carbocycles. The molecule has 2 unspecified atom stereocenters. The highest BCUT2D eigenvalue weighted by molar-refractivity contribution is 7.99.